The summed E-state index contributed by atoms with van der Waals surface area (Å²) < 4.78 is 0. The van der Waals surface area contributed by atoms with Gasteiger partial charge in [-0.2, -0.15) is 0 Å². The molecule has 0 fully saturated rings. The first-order valence-electron chi connectivity index (χ1n) is 3.68. The van der Waals surface area contributed by atoms with Crippen molar-refractivity contribution in [3.63, 3.8) is 0 Å². The predicted molar refractivity (Wildman–Crippen MR) is 45.3 cm³/mol. The van der Waals surface area contributed by atoms with Crippen LogP contribution in [0.2, 0.25) is 0 Å². The van der Waals surface area contributed by atoms with Crippen LogP contribution in [-0.4, -0.2) is 21.2 Å². The maximum absolute atomic E-state index is 8.85. The van der Waals surface area contributed by atoms with Crippen LogP contribution < -0.4 is 0 Å². The Morgan fingerprint density at radius 1 is 1.58 bits per heavy atom. The average molecular weight is 162 g/mol. The predicted octanol–water partition coefficient (Wildman–Crippen LogP) is 0.517. The molecule has 0 spiro atoms. The Balaban J connectivity index is 2.85. The van der Waals surface area contributed by atoms with E-state index in [9.17, 15) is 0 Å². The van der Waals surface area contributed by atoms with Gasteiger partial charge in [0.05, 0.1) is 0 Å². The lowest BCUT2D eigenvalue weighted by molar-refractivity contribution is 0.253. The standard InChI is InChI=1S/C9H10N2O/c1-7-5-6-10-9(11-7)4-3-8(2)12/h5-6,8,12H,1-2H3/t8-/m0/s1. The van der Waals surface area contributed by atoms with Gasteiger partial charge >= 0.3 is 0 Å². The van der Waals surface area contributed by atoms with Crippen molar-refractivity contribution in [3.05, 3.63) is 23.8 Å². The zero-order chi connectivity index (χ0) is 8.97. The second-order valence-corrected chi connectivity index (χ2v) is 2.47. The topological polar surface area (TPSA) is 46.0 Å². The Kier molecular flexibility index (Phi) is 2.78. The molecule has 12 heavy (non-hydrogen) atoms. The molecule has 1 rings (SSSR count). The van der Waals surface area contributed by atoms with Gasteiger partial charge < -0.3 is 5.11 Å². The molecule has 1 N–H and O–H groups in total. The number of aryl methyl sites for hydroxylation is 1. The van der Waals surface area contributed by atoms with E-state index in [2.05, 4.69) is 21.8 Å². The molecule has 3 nitrogen and oxygen atoms in total. The van der Waals surface area contributed by atoms with Crippen LogP contribution in [-0.2, 0) is 0 Å². The van der Waals surface area contributed by atoms with E-state index in [-0.39, 0.29) is 0 Å². The summed E-state index contributed by atoms with van der Waals surface area (Å²) >= 11 is 0. The van der Waals surface area contributed by atoms with Gasteiger partial charge in [0.25, 0.3) is 0 Å². The Labute approximate surface area is 71.5 Å². The summed E-state index contributed by atoms with van der Waals surface area (Å²) in [5.41, 5.74) is 0.875. The van der Waals surface area contributed by atoms with Gasteiger partial charge in [0.15, 0.2) is 0 Å². The highest BCUT2D eigenvalue weighted by Crippen LogP contribution is 1.90. The van der Waals surface area contributed by atoms with E-state index in [1.807, 2.05) is 6.92 Å². The maximum atomic E-state index is 8.85. The van der Waals surface area contributed by atoms with Crippen molar-refractivity contribution in [2.45, 2.75) is 20.0 Å². The van der Waals surface area contributed by atoms with E-state index in [1.165, 1.54) is 0 Å². The summed E-state index contributed by atoms with van der Waals surface area (Å²) in [6, 6.07) is 1.80. The molecule has 1 heterocycles. The first-order valence-corrected chi connectivity index (χ1v) is 3.68. The van der Waals surface area contributed by atoms with E-state index >= 15 is 0 Å². The van der Waals surface area contributed by atoms with Crippen LogP contribution in [0.3, 0.4) is 0 Å². The van der Waals surface area contributed by atoms with Crippen molar-refractivity contribution in [3.8, 4) is 11.8 Å². The minimum absolute atomic E-state index is 0.455. The molecule has 0 aromatic carbocycles. The molecule has 1 aromatic heterocycles. The molecule has 0 saturated carbocycles. The largest absolute Gasteiger partial charge is 0.381 e. The third-order valence-corrected chi connectivity index (χ3v) is 1.19. The molecule has 0 amide bonds. The van der Waals surface area contributed by atoms with Crippen LogP contribution in [0.15, 0.2) is 12.3 Å². The molecule has 0 aliphatic heterocycles. The number of rotatable bonds is 0. The minimum Gasteiger partial charge on any atom is -0.381 e. The number of aromatic nitrogens is 2. The van der Waals surface area contributed by atoms with Gasteiger partial charge in [-0.3, -0.25) is 0 Å². The highest BCUT2D eigenvalue weighted by molar-refractivity contribution is 5.22. The summed E-state index contributed by atoms with van der Waals surface area (Å²) in [5.74, 6) is 5.69. The van der Waals surface area contributed by atoms with Crippen LogP contribution in [0, 0.1) is 18.8 Å². The number of hydrogen-bond donors (Lipinski definition) is 1. The van der Waals surface area contributed by atoms with Gasteiger partial charge in [-0.1, -0.05) is 5.92 Å². The van der Waals surface area contributed by atoms with Crippen molar-refractivity contribution in [1.82, 2.24) is 9.97 Å². The average Bonchev–Trinajstić information content (AvgIpc) is 2.01. The smallest absolute Gasteiger partial charge is 0.205 e. The second kappa shape index (κ2) is 3.84. The van der Waals surface area contributed by atoms with Crippen molar-refractivity contribution in [1.29, 1.82) is 0 Å². The first kappa shape index (κ1) is 8.69. The zero-order valence-corrected chi connectivity index (χ0v) is 7.07. The van der Waals surface area contributed by atoms with Crippen LogP contribution in [0.4, 0.5) is 0 Å². The summed E-state index contributed by atoms with van der Waals surface area (Å²) in [5, 5.41) is 8.85. The second-order valence-electron chi connectivity index (χ2n) is 2.47. The quantitative estimate of drug-likeness (QED) is 0.565. The van der Waals surface area contributed by atoms with E-state index in [1.54, 1.807) is 19.2 Å². The molecule has 3 heteroatoms. The fourth-order valence-corrected chi connectivity index (χ4v) is 0.678. The van der Waals surface area contributed by atoms with Gasteiger partial charge in [-0.05, 0) is 25.8 Å². The Morgan fingerprint density at radius 3 is 2.92 bits per heavy atom. The lowest BCUT2D eigenvalue weighted by Crippen LogP contribution is -1.95. The van der Waals surface area contributed by atoms with Crippen molar-refractivity contribution < 1.29 is 5.11 Å². The van der Waals surface area contributed by atoms with E-state index in [0.717, 1.165) is 5.69 Å². The lowest BCUT2D eigenvalue weighted by Gasteiger charge is -1.91. The molecule has 0 unspecified atom stereocenters. The molecule has 0 radical (unpaired) electrons. The van der Waals surface area contributed by atoms with Crippen molar-refractivity contribution >= 4 is 0 Å². The molecule has 62 valence electrons. The minimum atomic E-state index is -0.630. The van der Waals surface area contributed by atoms with E-state index in [0.29, 0.717) is 5.82 Å². The fourth-order valence-electron chi connectivity index (χ4n) is 0.678. The highest BCUT2D eigenvalue weighted by Gasteiger charge is 1.90. The highest BCUT2D eigenvalue weighted by atomic mass is 16.3. The normalized spacial score (nSPS) is 11.6. The van der Waals surface area contributed by atoms with Gasteiger partial charge in [0.2, 0.25) is 5.82 Å². The summed E-state index contributed by atoms with van der Waals surface area (Å²) in [6.45, 7) is 3.47. The van der Waals surface area contributed by atoms with Crippen LogP contribution in [0.1, 0.15) is 18.4 Å². The van der Waals surface area contributed by atoms with Gasteiger partial charge in [-0.25, -0.2) is 9.97 Å². The number of hydrogen-bond acceptors (Lipinski definition) is 3. The van der Waals surface area contributed by atoms with E-state index in [4.69, 9.17) is 5.11 Å². The van der Waals surface area contributed by atoms with Crippen LogP contribution in [0.25, 0.3) is 0 Å². The fraction of sp³-hybridized carbons (Fsp3) is 0.333. The maximum Gasteiger partial charge on any atom is 0.205 e. The molecular weight excluding hydrogens is 152 g/mol. The first-order chi connectivity index (χ1) is 5.68. The Bertz CT molecular complexity index is 323. The van der Waals surface area contributed by atoms with Crippen LogP contribution >= 0.6 is 0 Å². The molecule has 1 atom stereocenters. The zero-order valence-electron chi connectivity index (χ0n) is 7.07. The molecule has 0 saturated heterocycles. The number of nitrogens with zero attached hydrogens (tertiary/aromatic N) is 2. The molecule has 1 aromatic rings. The number of aliphatic hydroxyl groups is 1. The summed E-state index contributed by atoms with van der Waals surface area (Å²) in [7, 11) is 0. The Morgan fingerprint density at radius 2 is 2.33 bits per heavy atom. The molecular formula is C9H10N2O. The lowest BCUT2D eigenvalue weighted by atomic mass is 10.4. The van der Waals surface area contributed by atoms with E-state index < -0.39 is 6.10 Å². The molecule has 0 aliphatic carbocycles. The number of aliphatic hydroxyl groups excluding tert-OH is 1. The van der Waals surface area contributed by atoms with Crippen LogP contribution in [0.5, 0.6) is 0 Å². The van der Waals surface area contributed by atoms with Crippen molar-refractivity contribution in [2.75, 3.05) is 0 Å². The molecule has 0 aliphatic rings. The third-order valence-electron chi connectivity index (χ3n) is 1.19. The van der Waals surface area contributed by atoms with Gasteiger partial charge in [0, 0.05) is 11.9 Å². The van der Waals surface area contributed by atoms with Crippen molar-refractivity contribution in [2.24, 2.45) is 0 Å². The SMILES string of the molecule is Cc1ccnc(C#C[C@H](C)O)n1. The summed E-state index contributed by atoms with van der Waals surface area (Å²) in [6.07, 6.45) is 1.02. The molecule has 0 bridgehead atoms. The third kappa shape index (κ3) is 2.69. The van der Waals surface area contributed by atoms with Gasteiger partial charge in [0.1, 0.15) is 6.10 Å². The summed E-state index contributed by atoms with van der Waals surface area (Å²) in [4.78, 5) is 7.96. The monoisotopic (exact) mass is 162 g/mol. The van der Waals surface area contributed by atoms with Gasteiger partial charge in [-0.15, -0.1) is 0 Å². The Hall–Kier alpha value is -1.40.